The number of aliphatic hydroxyl groups is 1. The average molecular weight is 255 g/mol. The molecule has 1 unspecified atom stereocenters. The zero-order valence-corrected chi connectivity index (χ0v) is 10.4. The van der Waals surface area contributed by atoms with Gasteiger partial charge in [0.25, 0.3) is 5.91 Å². The van der Waals surface area contributed by atoms with Crippen LogP contribution in [0.1, 0.15) is 30.3 Å². The smallest absolute Gasteiger partial charge is 0.272 e. The quantitative estimate of drug-likeness (QED) is 0.830. The molecule has 0 aliphatic carbocycles. The molecule has 1 aliphatic rings. The van der Waals surface area contributed by atoms with Gasteiger partial charge in [-0.2, -0.15) is 0 Å². The second kappa shape index (κ2) is 4.63. The van der Waals surface area contributed by atoms with Crippen molar-refractivity contribution in [3.63, 3.8) is 0 Å². The molecule has 17 heavy (non-hydrogen) atoms. The summed E-state index contributed by atoms with van der Waals surface area (Å²) in [6, 6.07) is 3.25. The summed E-state index contributed by atoms with van der Waals surface area (Å²) in [5, 5.41) is 10.5. The van der Waals surface area contributed by atoms with Crippen molar-refractivity contribution in [2.75, 3.05) is 13.1 Å². The number of amides is 1. The minimum absolute atomic E-state index is 0.151. The summed E-state index contributed by atoms with van der Waals surface area (Å²) >= 11 is 5.72. The molecule has 0 spiro atoms. The number of β-amino-alcohol motifs (C(OH)–C–C–N with tert-alkyl or cyclic N) is 1. The number of rotatable bonds is 1. The summed E-state index contributed by atoms with van der Waals surface area (Å²) in [5.41, 5.74) is -0.424. The van der Waals surface area contributed by atoms with E-state index in [-0.39, 0.29) is 5.91 Å². The molecule has 0 saturated carbocycles. The van der Waals surface area contributed by atoms with Crippen molar-refractivity contribution in [1.29, 1.82) is 0 Å². The molecule has 1 aromatic heterocycles. The highest BCUT2D eigenvalue weighted by atomic mass is 35.5. The minimum atomic E-state index is -0.791. The molecule has 1 N–H and O–H groups in total. The van der Waals surface area contributed by atoms with Crippen LogP contribution in [0, 0.1) is 0 Å². The number of hydrogen-bond acceptors (Lipinski definition) is 3. The highest BCUT2D eigenvalue weighted by molar-refractivity contribution is 6.30. The number of hydrogen-bond donors (Lipinski definition) is 1. The zero-order valence-electron chi connectivity index (χ0n) is 9.69. The van der Waals surface area contributed by atoms with Crippen molar-refractivity contribution in [1.82, 2.24) is 9.88 Å². The van der Waals surface area contributed by atoms with Crippen LogP contribution in [0.3, 0.4) is 0 Å². The van der Waals surface area contributed by atoms with E-state index in [1.54, 1.807) is 24.0 Å². The highest BCUT2D eigenvalue weighted by Gasteiger charge is 2.31. The van der Waals surface area contributed by atoms with Crippen LogP contribution in [0.15, 0.2) is 18.3 Å². The normalized spacial score (nSPS) is 24.8. The number of likely N-dealkylation sites (tertiary alicyclic amines) is 1. The first-order chi connectivity index (χ1) is 7.98. The first-order valence-electron chi connectivity index (χ1n) is 5.61. The second-order valence-corrected chi connectivity index (χ2v) is 5.13. The Morgan fingerprint density at radius 1 is 1.59 bits per heavy atom. The molecule has 92 valence electrons. The van der Waals surface area contributed by atoms with Gasteiger partial charge in [0.05, 0.1) is 10.6 Å². The minimum Gasteiger partial charge on any atom is -0.388 e. The predicted octanol–water partition coefficient (Wildman–Crippen LogP) is 1.72. The number of pyridine rings is 1. The van der Waals surface area contributed by atoms with Crippen LogP contribution in [-0.4, -0.2) is 39.6 Å². The molecule has 0 aromatic carbocycles. The molecule has 0 radical (unpaired) electrons. The predicted molar refractivity (Wildman–Crippen MR) is 65.0 cm³/mol. The fraction of sp³-hybridized carbons (Fsp3) is 0.500. The van der Waals surface area contributed by atoms with E-state index in [0.717, 1.165) is 12.8 Å². The lowest BCUT2D eigenvalue weighted by molar-refractivity contribution is -0.0109. The summed E-state index contributed by atoms with van der Waals surface area (Å²) in [7, 11) is 0. The number of halogens is 1. The molecule has 1 aliphatic heterocycles. The Kier molecular flexibility index (Phi) is 3.35. The topological polar surface area (TPSA) is 53.4 Å². The van der Waals surface area contributed by atoms with Crippen molar-refractivity contribution in [2.24, 2.45) is 0 Å². The first kappa shape index (κ1) is 12.3. The van der Waals surface area contributed by atoms with E-state index >= 15 is 0 Å². The number of piperidine rings is 1. The van der Waals surface area contributed by atoms with Gasteiger partial charge in [-0.25, -0.2) is 4.98 Å². The fourth-order valence-electron chi connectivity index (χ4n) is 2.06. The molecule has 2 heterocycles. The lowest BCUT2D eigenvalue weighted by Crippen LogP contribution is -2.48. The van der Waals surface area contributed by atoms with Gasteiger partial charge in [0, 0.05) is 19.3 Å². The van der Waals surface area contributed by atoms with Crippen LogP contribution in [0.5, 0.6) is 0 Å². The molecule has 4 nitrogen and oxygen atoms in total. The third kappa shape index (κ3) is 2.96. The third-order valence-electron chi connectivity index (χ3n) is 2.91. The SMILES string of the molecule is CC1(O)CCCN(C(=O)c2ccc(Cl)cn2)C1. The summed E-state index contributed by atoms with van der Waals surface area (Å²) < 4.78 is 0. The van der Waals surface area contributed by atoms with Gasteiger partial charge in [-0.15, -0.1) is 0 Å². The lowest BCUT2D eigenvalue weighted by Gasteiger charge is -2.36. The van der Waals surface area contributed by atoms with Crippen LogP contribution in [0.2, 0.25) is 5.02 Å². The third-order valence-corrected chi connectivity index (χ3v) is 3.13. The van der Waals surface area contributed by atoms with Gasteiger partial charge in [0.15, 0.2) is 0 Å². The van der Waals surface area contributed by atoms with Crippen molar-refractivity contribution in [3.8, 4) is 0 Å². The maximum Gasteiger partial charge on any atom is 0.272 e. The van der Waals surface area contributed by atoms with E-state index in [1.165, 1.54) is 6.20 Å². The van der Waals surface area contributed by atoms with Gasteiger partial charge in [0.2, 0.25) is 0 Å². The van der Waals surface area contributed by atoms with Crippen molar-refractivity contribution in [3.05, 3.63) is 29.0 Å². The summed E-state index contributed by atoms with van der Waals surface area (Å²) in [6.45, 7) is 2.77. The Labute approximate surface area is 105 Å². The van der Waals surface area contributed by atoms with Crippen molar-refractivity contribution >= 4 is 17.5 Å². The fourth-order valence-corrected chi connectivity index (χ4v) is 2.17. The number of nitrogens with zero attached hydrogens (tertiary/aromatic N) is 2. The van der Waals surface area contributed by atoms with E-state index in [9.17, 15) is 9.90 Å². The largest absolute Gasteiger partial charge is 0.388 e. The maximum absolute atomic E-state index is 12.1. The lowest BCUT2D eigenvalue weighted by atomic mass is 9.95. The highest BCUT2D eigenvalue weighted by Crippen LogP contribution is 2.21. The van der Waals surface area contributed by atoms with Gasteiger partial charge in [-0.3, -0.25) is 4.79 Å². The summed E-state index contributed by atoms with van der Waals surface area (Å²) in [5.74, 6) is -0.151. The van der Waals surface area contributed by atoms with Crippen LogP contribution in [0.4, 0.5) is 0 Å². The van der Waals surface area contributed by atoms with E-state index < -0.39 is 5.60 Å². The maximum atomic E-state index is 12.1. The van der Waals surface area contributed by atoms with Crippen LogP contribution < -0.4 is 0 Å². The Morgan fingerprint density at radius 2 is 2.35 bits per heavy atom. The molecular formula is C12H15ClN2O2. The van der Waals surface area contributed by atoms with Crippen LogP contribution >= 0.6 is 11.6 Å². The van der Waals surface area contributed by atoms with Crippen LogP contribution in [-0.2, 0) is 0 Å². The molecule has 1 amide bonds. The molecule has 1 atom stereocenters. The molecule has 5 heteroatoms. The zero-order chi connectivity index (χ0) is 12.5. The van der Waals surface area contributed by atoms with Gasteiger partial charge >= 0.3 is 0 Å². The number of carbonyl (C=O) groups is 1. The van der Waals surface area contributed by atoms with E-state index in [4.69, 9.17) is 11.6 Å². The van der Waals surface area contributed by atoms with Gasteiger partial charge in [-0.05, 0) is 31.9 Å². The van der Waals surface area contributed by atoms with Gasteiger partial charge in [-0.1, -0.05) is 11.6 Å². The summed E-state index contributed by atoms with van der Waals surface area (Å²) in [6.07, 6.45) is 2.99. The van der Waals surface area contributed by atoms with E-state index in [0.29, 0.717) is 23.8 Å². The molecule has 1 fully saturated rings. The number of carbonyl (C=O) groups excluding carboxylic acids is 1. The standard InChI is InChI=1S/C12H15ClN2O2/c1-12(17)5-2-6-15(8-12)11(16)10-4-3-9(13)7-14-10/h3-4,7,17H,2,5-6,8H2,1H3. The molecule has 0 bridgehead atoms. The second-order valence-electron chi connectivity index (χ2n) is 4.69. The molecule has 1 saturated heterocycles. The van der Waals surface area contributed by atoms with E-state index in [1.807, 2.05) is 0 Å². The van der Waals surface area contributed by atoms with Crippen molar-refractivity contribution < 1.29 is 9.90 Å². The Hall–Kier alpha value is -1.13. The first-order valence-corrected chi connectivity index (χ1v) is 5.99. The van der Waals surface area contributed by atoms with Gasteiger partial charge in [0.1, 0.15) is 5.69 Å². The Balaban J connectivity index is 2.12. The Bertz CT molecular complexity index is 417. The molecule has 2 rings (SSSR count). The Morgan fingerprint density at radius 3 is 2.94 bits per heavy atom. The molecule has 1 aromatic rings. The monoisotopic (exact) mass is 254 g/mol. The van der Waals surface area contributed by atoms with Crippen molar-refractivity contribution in [2.45, 2.75) is 25.4 Å². The average Bonchev–Trinajstić information content (AvgIpc) is 2.28. The summed E-state index contributed by atoms with van der Waals surface area (Å²) in [4.78, 5) is 17.7. The van der Waals surface area contributed by atoms with Crippen LogP contribution in [0.25, 0.3) is 0 Å². The molecular weight excluding hydrogens is 240 g/mol. The van der Waals surface area contributed by atoms with Gasteiger partial charge < -0.3 is 10.0 Å². The van der Waals surface area contributed by atoms with E-state index in [2.05, 4.69) is 4.98 Å². The number of aromatic nitrogens is 1.